The van der Waals surface area contributed by atoms with Gasteiger partial charge in [-0.1, -0.05) is 48.2 Å². The molecule has 0 unspecified atom stereocenters. The van der Waals surface area contributed by atoms with Gasteiger partial charge in [0.15, 0.2) is 0 Å². The second kappa shape index (κ2) is 13.3. The Hall–Kier alpha value is -3.51. The first-order valence-corrected chi connectivity index (χ1v) is 16.5. The lowest BCUT2D eigenvalue weighted by atomic mass is 10.0. The SMILES string of the molecule is CC(C)(C)NC(=O)N[C@H]1CCCCC/C=C\[C@H]2C[C@@]2(C(=O)O)NC(=O)[C@@H]2C[C@@H](OC(=O)N3Cc4cc(Cl)c(Cl)cc4C3)CN2C1=O. The minimum atomic E-state index is -1.47. The minimum absolute atomic E-state index is 0.0289. The molecular formula is C32H41Cl2N5O7. The van der Waals surface area contributed by atoms with Crippen molar-refractivity contribution in [3.05, 3.63) is 45.5 Å². The number of carboxylic acids is 1. The quantitative estimate of drug-likeness (QED) is 0.346. The number of benzene rings is 1. The van der Waals surface area contributed by atoms with Gasteiger partial charge < -0.3 is 30.7 Å². The van der Waals surface area contributed by atoms with E-state index in [0.29, 0.717) is 22.9 Å². The van der Waals surface area contributed by atoms with E-state index in [1.807, 2.05) is 32.9 Å². The van der Waals surface area contributed by atoms with Gasteiger partial charge >= 0.3 is 18.1 Å². The normalized spacial score (nSPS) is 28.9. The third kappa shape index (κ3) is 7.54. The fourth-order valence-corrected chi connectivity index (χ4v) is 6.79. The third-order valence-corrected chi connectivity index (χ3v) is 9.63. The summed E-state index contributed by atoms with van der Waals surface area (Å²) in [7, 11) is 0. The van der Waals surface area contributed by atoms with Crippen molar-refractivity contribution in [3.8, 4) is 0 Å². The second-order valence-corrected chi connectivity index (χ2v) is 14.5. The number of rotatable bonds is 3. The molecule has 14 heteroatoms. The summed E-state index contributed by atoms with van der Waals surface area (Å²) >= 11 is 12.3. The van der Waals surface area contributed by atoms with Gasteiger partial charge in [-0.15, -0.1) is 0 Å². The van der Waals surface area contributed by atoms with Crippen LogP contribution in [0.2, 0.25) is 10.0 Å². The van der Waals surface area contributed by atoms with E-state index in [0.717, 1.165) is 30.4 Å². The maximum absolute atomic E-state index is 14.1. The Labute approximate surface area is 278 Å². The Morgan fingerprint density at radius 2 is 1.74 bits per heavy atom. The van der Waals surface area contributed by atoms with E-state index in [2.05, 4.69) is 16.0 Å². The molecule has 5 amide bonds. The molecule has 0 spiro atoms. The highest BCUT2D eigenvalue weighted by Gasteiger charge is 2.61. The maximum atomic E-state index is 14.1. The molecule has 250 valence electrons. The van der Waals surface area contributed by atoms with E-state index < -0.39 is 59.2 Å². The maximum Gasteiger partial charge on any atom is 0.410 e. The highest BCUT2D eigenvalue weighted by molar-refractivity contribution is 6.42. The van der Waals surface area contributed by atoms with Crippen molar-refractivity contribution in [2.45, 2.75) is 108 Å². The van der Waals surface area contributed by atoms with E-state index in [1.54, 1.807) is 12.1 Å². The van der Waals surface area contributed by atoms with Crippen LogP contribution in [-0.4, -0.2) is 80.6 Å². The summed E-state index contributed by atoms with van der Waals surface area (Å²) in [5.41, 5.74) is -0.332. The van der Waals surface area contributed by atoms with Gasteiger partial charge in [-0.25, -0.2) is 14.4 Å². The van der Waals surface area contributed by atoms with Gasteiger partial charge in [0.1, 0.15) is 23.7 Å². The minimum Gasteiger partial charge on any atom is -0.479 e. The standard InChI is InChI=1S/C32H41Cl2N5O7/c1-31(2,3)37-29(44)35-24-10-8-6-4-5-7-9-20-14-32(20,28(42)43)36-26(40)25-13-21(17-39(25)27(24)41)46-30(45)38-15-18-11-22(33)23(34)12-19(18)16-38/h7,9,11-12,20-21,24-25H,4-6,8,10,13-17H2,1-3H3,(H,36,40)(H,42,43)(H2,35,37,44)/b9-7-/t20-,21+,24-,25-,32+/m0/s1. The molecule has 1 aliphatic carbocycles. The first-order valence-electron chi connectivity index (χ1n) is 15.7. The van der Waals surface area contributed by atoms with E-state index in [9.17, 15) is 29.1 Å². The number of ether oxygens (including phenoxy) is 1. The topological polar surface area (TPSA) is 157 Å². The fraction of sp³-hybridized carbons (Fsp3) is 0.594. The van der Waals surface area contributed by atoms with Crippen molar-refractivity contribution in [2.24, 2.45) is 5.92 Å². The van der Waals surface area contributed by atoms with Crippen LogP contribution in [0.1, 0.15) is 76.8 Å². The molecule has 3 heterocycles. The largest absolute Gasteiger partial charge is 0.479 e. The molecule has 4 N–H and O–H groups in total. The number of halogens is 2. The second-order valence-electron chi connectivity index (χ2n) is 13.7. The number of aliphatic carboxylic acids is 1. The predicted octanol–water partition coefficient (Wildman–Crippen LogP) is 4.36. The van der Waals surface area contributed by atoms with Crippen molar-refractivity contribution < 1.29 is 33.8 Å². The van der Waals surface area contributed by atoms with Crippen molar-refractivity contribution in [3.63, 3.8) is 0 Å². The van der Waals surface area contributed by atoms with Crippen molar-refractivity contribution >= 4 is 53.1 Å². The smallest absolute Gasteiger partial charge is 0.410 e. The molecule has 12 nitrogen and oxygen atoms in total. The average molecular weight is 679 g/mol. The summed E-state index contributed by atoms with van der Waals surface area (Å²) in [6.07, 6.45) is 5.86. The zero-order chi connectivity index (χ0) is 33.4. The molecule has 2 fully saturated rings. The molecule has 1 aromatic rings. The molecule has 1 aromatic carbocycles. The predicted molar refractivity (Wildman–Crippen MR) is 170 cm³/mol. The lowest BCUT2D eigenvalue weighted by Gasteiger charge is -2.30. The zero-order valence-electron chi connectivity index (χ0n) is 26.2. The molecule has 0 bridgehead atoms. The molecule has 0 aromatic heterocycles. The van der Waals surface area contributed by atoms with Gasteiger partial charge in [-0.05, 0) is 69.7 Å². The summed E-state index contributed by atoms with van der Waals surface area (Å²) in [4.78, 5) is 69.2. The van der Waals surface area contributed by atoms with Crippen LogP contribution in [0.25, 0.3) is 0 Å². The average Bonchev–Trinajstić information content (AvgIpc) is 3.27. The molecule has 5 atom stereocenters. The van der Waals surface area contributed by atoms with E-state index in [4.69, 9.17) is 27.9 Å². The van der Waals surface area contributed by atoms with E-state index in [1.165, 1.54) is 9.80 Å². The van der Waals surface area contributed by atoms with Crippen molar-refractivity contribution in [2.75, 3.05) is 6.54 Å². The van der Waals surface area contributed by atoms with Crippen LogP contribution in [-0.2, 0) is 32.2 Å². The van der Waals surface area contributed by atoms with E-state index >= 15 is 0 Å². The summed E-state index contributed by atoms with van der Waals surface area (Å²) in [5.74, 6) is -2.65. The number of carbonyl (C=O) groups is 5. The number of allylic oxidation sites excluding steroid dienone is 1. The first-order chi connectivity index (χ1) is 21.7. The van der Waals surface area contributed by atoms with Gasteiger partial charge in [0.25, 0.3) is 0 Å². The molecule has 46 heavy (non-hydrogen) atoms. The molecule has 0 radical (unpaired) electrons. The van der Waals surface area contributed by atoms with Crippen LogP contribution in [0, 0.1) is 5.92 Å². The monoisotopic (exact) mass is 677 g/mol. The Balaban J connectivity index is 1.37. The number of fused-ring (bicyclic) bond motifs is 3. The first kappa shape index (κ1) is 33.8. The Morgan fingerprint density at radius 1 is 1.07 bits per heavy atom. The number of amides is 5. The van der Waals surface area contributed by atoms with Crippen LogP contribution < -0.4 is 16.0 Å². The van der Waals surface area contributed by atoms with Gasteiger partial charge in [-0.3, -0.25) is 14.5 Å². The van der Waals surface area contributed by atoms with E-state index in [-0.39, 0.29) is 38.4 Å². The molecular weight excluding hydrogens is 637 g/mol. The van der Waals surface area contributed by atoms with Gasteiger partial charge in [0.2, 0.25) is 11.8 Å². The Bertz CT molecular complexity index is 1420. The van der Waals surface area contributed by atoms with Crippen LogP contribution in [0.5, 0.6) is 0 Å². The van der Waals surface area contributed by atoms with Crippen molar-refractivity contribution in [1.29, 1.82) is 0 Å². The van der Waals surface area contributed by atoms with Gasteiger partial charge in [0, 0.05) is 31.0 Å². The number of carboxylic acid groups (broad SMARTS) is 1. The van der Waals surface area contributed by atoms with Gasteiger partial charge in [-0.2, -0.15) is 0 Å². The number of carbonyl (C=O) groups excluding carboxylic acids is 4. The number of nitrogens with zero attached hydrogens (tertiary/aromatic N) is 2. The zero-order valence-corrected chi connectivity index (χ0v) is 27.7. The fourth-order valence-electron chi connectivity index (χ4n) is 6.42. The third-order valence-electron chi connectivity index (χ3n) is 8.91. The van der Waals surface area contributed by atoms with Crippen LogP contribution >= 0.6 is 23.2 Å². The summed E-state index contributed by atoms with van der Waals surface area (Å²) in [5, 5.41) is 19.1. The van der Waals surface area contributed by atoms with Gasteiger partial charge in [0.05, 0.1) is 16.6 Å². The molecule has 3 aliphatic heterocycles. The van der Waals surface area contributed by atoms with Crippen molar-refractivity contribution in [1.82, 2.24) is 25.8 Å². The highest BCUT2D eigenvalue weighted by Crippen LogP contribution is 2.45. The summed E-state index contributed by atoms with van der Waals surface area (Å²) in [6, 6.07) is 0.847. The summed E-state index contributed by atoms with van der Waals surface area (Å²) < 4.78 is 5.84. The Morgan fingerprint density at radius 3 is 2.37 bits per heavy atom. The number of urea groups is 1. The van der Waals surface area contributed by atoms with Crippen LogP contribution in [0.15, 0.2) is 24.3 Å². The van der Waals surface area contributed by atoms with Crippen LogP contribution in [0.4, 0.5) is 9.59 Å². The number of hydrogen-bond donors (Lipinski definition) is 4. The highest BCUT2D eigenvalue weighted by atomic mass is 35.5. The molecule has 4 aliphatic rings. The lowest BCUT2D eigenvalue weighted by molar-refractivity contribution is -0.145. The summed E-state index contributed by atoms with van der Waals surface area (Å²) in [6.45, 7) is 5.89. The lowest BCUT2D eigenvalue weighted by Crippen LogP contribution is -2.58. The molecule has 1 saturated heterocycles. The molecule has 5 rings (SSSR count). The Kier molecular flexibility index (Phi) is 9.79. The number of hydrogen-bond acceptors (Lipinski definition) is 6. The van der Waals surface area contributed by atoms with Crippen LogP contribution in [0.3, 0.4) is 0 Å². The molecule has 1 saturated carbocycles. The number of nitrogens with one attached hydrogen (secondary N) is 3.